The maximum absolute atomic E-state index is 15.1. The highest BCUT2D eigenvalue weighted by Gasteiger charge is 2.42. The van der Waals surface area contributed by atoms with Crippen molar-refractivity contribution in [2.45, 2.75) is 114 Å². The summed E-state index contributed by atoms with van der Waals surface area (Å²) in [5.74, 6) is -13.3. The van der Waals surface area contributed by atoms with Crippen molar-refractivity contribution >= 4 is 5.91 Å². The Hall–Kier alpha value is -2.35. The fourth-order valence-corrected chi connectivity index (χ4v) is 5.51. The Bertz CT molecular complexity index is 1670. The molecule has 1 N–H and O–H groups in total. The summed E-state index contributed by atoms with van der Waals surface area (Å²) in [7, 11) is 0. The Morgan fingerprint density at radius 2 is 1.86 bits per heavy atom. The predicted octanol–water partition coefficient (Wildman–Crippen LogP) is 5.95. The summed E-state index contributed by atoms with van der Waals surface area (Å²) in [5.41, 5.74) is 0.246. The van der Waals surface area contributed by atoms with E-state index >= 15 is 8.78 Å². The summed E-state index contributed by atoms with van der Waals surface area (Å²) in [5, 5.41) is 10.1. The van der Waals surface area contributed by atoms with Gasteiger partial charge in [0.1, 0.15) is 11.6 Å². The first-order valence-electron chi connectivity index (χ1n) is 20.7. The van der Waals surface area contributed by atoms with E-state index < -0.39 is 106 Å². The SMILES string of the molecule is [2H]C([2H])(CC(NC(=O)C1C([2H])([2H])C([2H])([2H])C(F)(F)C([2H])([2H])C1([2H])[2H])c1ccccc1)N1C2CCC1CC(n1c(C)nnc1C([2H])(C([2H])([2H])[2H])C([2H])([2H])[2H])C2. The minimum atomic E-state index is -5.20. The molecule has 2 saturated heterocycles. The number of alkyl halides is 2. The number of fused-ring (bicyclic) bond motifs is 2. The van der Waals surface area contributed by atoms with Crippen LogP contribution in [0.25, 0.3) is 0 Å². The number of hydrogen-bond acceptors (Lipinski definition) is 4. The monoisotopic (exact) mass is 530 g/mol. The van der Waals surface area contributed by atoms with Gasteiger partial charge in [-0.3, -0.25) is 9.69 Å². The highest BCUT2D eigenvalue weighted by atomic mass is 19.3. The fraction of sp³-hybridized carbons (Fsp3) is 0.690. The maximum atomic E-state index is 15.1. The molecule has 3 fully saturated rings. The van der Waals surface area contributed by atoms with E-state index in [1.54, 1.807) is 23.1 Å². The lowest BCUT2D eigenvalue weighted by molar-refractivity contribution is -0.130. The molecule has 1 aromatic heterocycles. The zero-order valence-corrected chi connectivity index (χ0v) is 20.3. The molecule has 1 aromatic carbocycles. The van der Waals surface area contributed by atoms with Crippen LogP contribution in [0.3, 0.4) is 0 Å². The number of piperidine rings is 1. The number of carbonyl (C=O) groups is 1. The molecule has 3 unspecified atom stereocenters. The third-order valence-electron chi connectivity index (χ3n) is 7.17. The zero-order chi connectivity index (χ0) is 41.0. The summed E-state index contributed by atoms with van der Waals surface area (Å²) >= 11 is 0. The minimum absolute atomic E-state index is 0.156. The Balaban J connectivity index is 1.46. The number of halogens is 2. The van der Waals surface area contributed by atoms with Crippen LogP contribution in [0.5, 0.6) is 0 Å². The van der Waals surface area contributed by atoms with Crippen molar-refractivity contribution in [3.63, 3.8) is 0 Å². The van der Waals surface area contributed by atoms with Crippen LogP contribution in [-0.4, -0.2) is 50.1 Å². The van der Waals surface area contributed by atoms with Gasteiger partial charge in [-0.15, -0.1) is 10.2 Å². The largest absolute Gasteiger partial charge is 0.349 e. The van der Waals surface area contributed by atoms with Crippen molar-refractivity contribution in [3.05, 3.63) is 47.5 Å². The number of rotatable bonds is 8. The molecule has 3 aliphatic rings. The molecular formula is C29H41F2N5O. The second-order valence-corrected chi connectivity index (χ2v) is 9.61. The van der Waals surface area contributed by atoms with E-state index in [0.29, 0.717) is 12.8 Å². The Morgan fingerprint density at radius 3 is 2.51 bits per heavy atom. The molecule has 37 heavy (non-hydrogen) atoms. The van der Waals surface area contributed by atoms with Gasteiger partial charge < -0.3 is 9.88 Å². The number of hydrogen-bond donors (Lipinski definition) is 1. The molecule has 8 heteroatoms. The molecule has 5 rings (SSSR count). The Labute approximate surface area is 243 Å². The lowest BCUT2D eigenvalue weighted by atomic mass is 9.86. The lowest BCUT2D eigenvalue weighted by Gasteiger charge is -2.40. The molecular weight excluding hydrogens is 472 g/mol. The van der Waals surface area contributed by atoms with E-state index in [-0.39, 0.29) is 24.2 Å². The van der Waals surface area contributed by atoms with Gasteiger partial charge in [0, 0.05) is 72.5 Å². The summed E-state index contributed by atoms with van der Waals surface area (Å²) in [6.45, 7) is -7.46. The molecule has 1 saturated carbocycles. The number of nitrogens with zero attached hydrogens (tertiary/aromatic N) is 4. The van der Waals surface area contributed by atoms with Crippen molar-refractivity contribution in [2.75, 3.05) is 6.50 Å². The molecule has 2 aromatic rings. The third-order valence-corrected chi connectivity index (χ3v) is 7.17. The van der Waals surface area contributed by atoms with Crippen molar-refractivity contribution in [1.82, 2.24) is 25.0 Å². The summed E-state index contributed by atoms with van der Waals surface area (Å²) in [6, 6.07) is 4.56. The Kier molecular flexibility index (Phi) is 3.70. The molecule has 1 amide bonds. The number of benzene rings is 1. The van der Waals surface area contributed by atoms with Crippen molar-refractivity contribution in [2.24, 2.45) is 5.92 Å². The highest BCUT2D eigenvalue weighted by Crippen LogP contribution is 2.42. The van der Waals surface area contributed by atoms with Gasteiger partial charge in [0.25, 0.3) is 0 Å². The highest BCUT2D eigenvalue weighted by molar-refractivity contribution is 5.79. The molecule has 3 heterocycles. The van der Waals surface area contributed by atoms with E-state index in [1.165, 1.54) is 23.6 Å². The summed E-state index contributed by atoms with van der Waals surface area (Å²) < 4.78 is 171. The summed E-state index contributed by atoms with van der Waals surface area (Å²) in [6.07, 6.45) is -15.9. The van der Waals surface area contributed by atoms with Crippen LogP contribution in [-0.2, 0) is 4.79 Å². The van der Waals surface area contributed by atoms with Crippen LogP contribution in [0.4, 0.5) is 8.78 Å². The molecule has 3 atom stereocenters. The smallest absolute Gasteiger partial charge is 0.248 e. The van der Waals surface area contributed by atoms with Crippen LogP contribution in [0.1, 0.15) is 130 Å². The Morgan fingerprint density at radius 1 is 1.19 bits per heavy atom. The van der Waals surface area contributed by atoms with Crippen molar-refractivity contribution in [1.29, 1.82) is 0 Å². The number of nitrogens with one attached hydrogen (secondary N) is 1. The van der Waals surface area contributed by atoms with E-state index in [2.05, 4.69) is 15.5 Å². The molecule has 202 valence electrons. The number of aromatic nitrogens is 3. The first-order valence-corrected chi connectivity index (χ1v) is 12.2. The average molecular weight is 531 g/mol. The number of amides is 1. The van der Waals surface area contributed by atoms with Gasteiger partial charge in [-0.2, -0.15) is 0 Å². The zero-order valence-electron chi connectivity index (χ0n) is 37.3. The van der Waals surface area contributed by atoms with Crippen LogP contribution in [0.2, 0.25) is 0 Å². The van der Waals surface area contributed by atoms with Gasteiger partial charge in [-0.25, -0.2) is 8.78 Å². The molecule has 0 radical (unpaired) electrons. The number of aryl methyl sites for hydroxylation is 1. The van der Waals surface area contributed by atoms with Crippen LogP contribution < -0.4 is 5.32 Å². The normalized spacial score (nSPS) is 40.5. The van der Waals surface area contributed by atoms with Crippen molar-refractivity contribution < 1.29 is 36.9 Å². The van der Waals surface area contributed by atoms with Crippen LogP contribution in [0, 0.1) is 12.8 Å². The predicted molar refractivity (Wildman–Crippen MR) is 139 cm³/mol. The van der Waals surface area contributed by atoms with E-state index in [0.717, 1.165) is 0 Å². The topological polar surface area (TPSA) is 63.1 Å². The standard InChI is InChI=1S/C29H41F2N5O/c1-19(2)27-34-33-20(3)36(27)25-17-23-9-10-24(18-25)35(23)16-13-26(21-7-5-4-6-8-21)32-28(37)22-11-14-29(30,31)15-12-22/h4-8,19,22-26H,9-18H2,1-3H3,(H,32,37)/i1D3,2D3,11D2,12D2,14D2,15D2,16D2,19D. The third kappa shape index (κ3) is 5.74. The van der Waals surface area contributed by atoms with Crippen molar-refractivity contribution in [3.8, 4) is 0 Å². The van der Waals surface area contributed by atoms with Gasteiger partial charge in [0.15, 0.2) is 0 Å². The maximum Gasteiger partial charge on any atom is 0.248 e. The molecule has 2 bridgehead atoms. The van der Waals surface area contributed by atoms with E-state index in [4.69, 9.17) is 20.6 Å². The van der Waals surface area contributed by atoms with Gasteiger partial charge in [-0.1, -0.05) is 44.0 Å². The van der Waals surface area contributed by atoms with Gasteiger partial charge in [0.05, 0.1) is 6.04 Å². The quantitative estimate of drug-likeness (QED) is 0.458. The second kappa shape index (κ2) is 10.8. The van der Waals surface area contributed by atoms with Gasteiger partial charge in [0.2, 0.25) is 11.8 Å². The van der Waals surface area contributed by atoms with Gasteiger partial charge in [-0.05, 0) is 57.3 Å². The molecule has 1 aliphatic carbocycles. The fourth-order valence-electron chi connectivity index (χ4n) is 5.51. The number of carbonyl (C=O) groups excluding carboxylic acids is 1. The lowest BCUT2D eigenvalue weighted by Crippen LogP contribution is -2.45. The summed E-state index contributed by atoms with van der Waals surface area (Å²) in [4.78, 5) is 15.4. The minimum Gasteiger partial charge on any atom is -0.349 e. The van der Waals surface area contributed by atoms with Gasteiger partial charge >= 0.3 is 0 Å². The van der Waals surface area contributed by atoms with Crippen LogP contribution in [0.15, 0.2) is 30.3 Å². The average Bonchev–Trinajstić information content (AvgIpc) is 3.55. The first-order chi connectivity index (χ1) is 24.3. The van der Waals surface area contributed by atoms with E-state index in [9.17, 15) is 7.54 Å². The second-order valence-electron chi connectivity index (χ2n) is 9.61. The molecule has 0 spiro atoms. The molecule has 6 nitrogen and oxygen atoms in total. The van der Waals surface area contributed by atoms with Crippen LogP contribution >= 0.6 is 0 Å². The molecule has 2 aliphatic heterocycles. The first kappa shape index (κ1) is 12.7. The van der Waals surface area contributed by atoms with E-state index in [1.807, 2.05) is 0 Å².